The molecule has 0 fully saturated rings. The Bertz CT molecular complexity index is 770. The molecule has 0 spiro atoms. The molecule has 0 aliphatic heterocycles. The summed E-state index contributed by atoms with van der Waals surface area (Å²) in [4.78, 5) is 25.7. The van der Waals surface area contributed by atoms with Crippen molar-refractivity contribution in [3.05, 3.63) is 35.9 Å². The molecule has 1 aromatic heterocycles. The first kappa shape index (κ1) is 19.4. The Morgan fingerprint density at radius 3 is 2.65 bits per heavy atom. The van der Waals surface area contributed by atoms with Gasteiger partial charge in [0.05, 0.1) is 6.54 Å². The fraction of sp³-hybridized carbons (Fsp3) is 0.412. The quantitative estimate of drug-likeness (QED) is 0.684. The van der Waals surface area contributed by atoms with E-state index in [1.54, 1.807) is 23.4 Å². The Morgan fingerprint density at radius 2 is 2.00 bits per heavy atom. The number of rotatable bonds is 7. The maximum atomic E-state index is 12.0. The lowest BCUT2D eigenvalue weighted by atomic mass is 10.1. The van der Waals surface area contributed by atoms with Crippen LogP contribution in [0.2, 0.25) is 0 Å². The highest BCUT2D eigenvalue weighted by Crippen LogP contribution is 2.20. The molecular formula is C17H25N7O2. The van der Waals surface area contributed by atoms with E-state index in [2.05, 4.69) is 26.1 Å². The molecular weight excluding hydrogens is 334 g/mol. The number of aryl methyl sites for hydroxylation is 2. The van der Waals surface area contributed by atoms with Gasteiger partial charge in [0, 0.05) is 31.4 Å². The Morgan fingerprint density at radius 1 is 1.23 bits per heavy atom. The molecule has 9 heteroatoms. The Hall–Kier alpha value is -2.94. The molecule has 2 rings (SSSR count). The summed E-state index contributed by atoms with van der Waals surface area (Å²) in [6.07, 6.45) is 2.21. The van der Waals surface area contributed by atoms with Crippen LogP contribution in [0, 0.1) is 6.92 Å². The van der Waals surface area contributed by atoms with Crippen molar-refractivity contribution in [2.24, 2.45) is 7.05 Å². The monoisotopic (exact) mass is 359 g/mol. The number of urea groups is 1. The molecule has 3 N–H and O–H groups in total. The molecule has 0 radical (unpaired) electrons. The number of nitrogens with zero attached hydrogens (tertiary/aromatic N) is 4. The molecule has 9 nitrogen and oxygen atoms in total. The second-order valence-electron chi connectivity index (χ2n) is 6.30. The third kappa shape index (κ3) is 5.85. The highest BCUT2D eigenvalue weighted by atomic mass is 16.2. The standard InChI is InChI=1S/C17H25N7O2/c1-12-5-6-13(9-14(12)21-16(25)10-23(2)3)20-17(26)18-8-7-15-22-19-11-24(15)4/h5-6,9,11H,7-8,10H2,1-4H3,(H,21,25)(H2,18,20,26). The predicted molar refractivity (Wildman–Crippen MR) is 100 cm³/mol. The van der Waals surface area contributed by atoms with Gasteiger partial charge in [-0.1, -0.05) is 6.07 Å². The van der Waals surface area contributed by atoms with Crippen molar-refractivity contribution < 1.29 is 9.59 Å². The van der Waals surface area contributed by atoms with Crippen LogP contribution in [0.4, 0.5) is 16.2 Å². The van der Waals surface area contributed by atoms with E-state index in [1.807, 2.05) is 38.7 Å². The first-order valence-electron chi connectivity index (χ1n) is 8.28. The molecule has 2 aromatic rings. The first-order chi connectivity index (χ1) is 12.3. The molecule has 1 aromatic carbocycles. The van der Waals surface area contributed by atoms with Crippen LogP contribution >= 0.6 is 0 Å². The largest absolute Gasteiger partial charge is 0.337 e. The van der Waals surface area contributed by atoms with Gasteiger partial charge in [-0.25, -0.2) is 4.79 Å². The summed E-state index contributed by atoms with van der Waals surface area (Å²) in [5, 5.41) is 16.1. The van der Waals surface area contributed by atoms with Gasteiger partial charge in [-0.15, -0.1) is 10.2 Å². The molecule has 3 amide bonds. The fourth-order valence-electron chi connectivity index (χ4n) is 2.31. The molecule has 26 heavy (non-hydrogen) atoms. The highest BCUT2D eigenvalue weighted by molar-refractivity contribution is 5.95. The second kappa shape index (κ2) is 8.95. The van der Waals surface area contributed by atoms with Crippen molar-refractivity contribution >= 4 is 23.3 Å². The topological polar surface area (TPSA) is 104 Å². The molecule has 0 unspecified atom stereocenters. The maximum absolute atomic E-state index is 12.0. The van der Waals surface area contributed by atoms with Crippen molar-refractivity contribution in [1.29, 1.82) is 0 Å². The predicted octanol–water partition coefficient (Wildman–Crippen LogP) is 0.988. The molecule has 140 valence electrons. The summed E-state index contributed by atoms with van der Waals surface area (Å²) in [6.45, 7) is 2.63. The molecule has 0 saturated heterocycles. The number of carbonyl (C=O) groups is 2. The molecule has 0 aliphatic rings. The normalized spacial score (nSPS) is 10.7. The van der Waals surface area contributed by atoms with Crippen molar-refractivity contribution in [2.75, 3.05) is 37.8 Å². The summed E-state index contributed by atoms with van der Waals surface area (Å²) in [7, 11) is 5.51. The number of carbonyl (C=O) groups excluding carboxylic acids is 2. The van der Waals surface area contributed by atoms with Gasteiger partial charge in [0.1, 0.15) is 12.2 Å². The summed E-state index contributed by atoms with van der Waals surface area (Å²) in [5.41, 5.74) is 2.20. The number of likely N-dealkylation sites (N-methyl/N-ethyl adjacent to an activating group) is 1. The lowest BCUT2D eigenvalue weighted by molar-refractivity contribution is -0.116. The lowest BCUT2D eigenvalue weighted by Gasteiger charge is -2.14. The van der Waals surface area contributed by atoms with Gasteiger partial charge in [0.15, 0.2) is 0 Å². The lowest BCUT2D eigenvalue weighted by Crippen LogP contribution is -2.31. The highest BCUT2D eigenvalue weighted by Gasteiger charge is 2.09. The fourth-order valence-corrected chi connectivity index (χ4v) is 2.31. The molecule has 1 heterocycles. The van der Waals surface area contributed by atoms with Crippen LogP contribution in [0.25, 0.3) is 0 Å². The van der Waals surface area contributed by atoms with Crippen molar-refractivity contribution in [2.45, 2.75) is 13.3 Å². The number of aromatic nitrogens is 3. The van der Waals surface area contributed by atoms with Crippen molar-refractivity contribution in [1.82, 2.24) is 25.0 Å². The third-order valence-electron chi connectivity index (χ3n) is 3.67. The smallest absolute Gasteiger partial charge is 0.319 e. The van der Waals surface area contributed by atoms with Gasteiger partial charge in [0.25, 0.3) is 0 Å². The number of hydrogen-bond donors (Lipinski definition) is 3. The summed E-state index contributed by atoms with van der Waals surface area (Å²) in [5.74, 6) is 0.690. The van der Waals surface area contributed by atoms with E-state index in [0.29, 0.717) is 30.9 Å². The molecule has 0 saturated carbocycles. The average Bonchev–Trinajstić information content (AvgIpc) is 2.95. The summed E-state index contributed by atoms with van der Waals surface area (Å²) in [6, 6.07) is 5.06. The van der Waals surface area contributed by atoms with Crippen molar-refractivity contribution in [3.63, 3.8) is 0 Å². The second-order valence-corrected chi connectivity index (χ2v) is 6.30. The minimum absolute atomic E-state index is 0.108. The number of amides is 3. The Kier molecular flexibility index (Phi) is 6.67. The minimum atomic E-state index is -0.318. The van der Waals surface area contributed by atoms with E-state index < -0.39 is 0 Å². The minimum Gasteiger partial charge on any atom is -0.337 e. The Labute approximate surface area is 152 Å². The zero-order valence-electron chi connectivity index (χ0n) is 15.5. The number of anilines is 2. The molecule has 0 atom stereocenters. The summed E-state index contributed by atoms with van der Waals surface area (Å²) >= 11 is 0. The van der Waals surface area contributed by atoms with E-state index in [0.717, 1.165) is 11.4 Å². The van der Waals surface area contributed by atoms with Gasteiger partial charge < -0.3 is 25.4 Å². The number of benzene rings is 1. The first-order valence-corrected chi connectivity index (χ1v) is 8.28. The van der Waals surface area contributed by atoms with Gasteiger partial charge in [-0.2, -0.15) is 0 Å². The third-order valence-corrected chi connectivity index (χ3v) is 3.67. The van der Waals surface area contributed by atoms with Gasteiger partial charge in [-0.3, -0.25) is 4.79 Å². The van der Waals surface area contributed by atoms with E-state index in [9.17, 15) is 9.59 Å². The number of hydrogen-bond acceptors (Lipinski definition) is 5. The zero-order valence-corrected chi connectivity index (χ0v) is 15.5. The Balaban J connectivity index is 1.88. The van der Waals surface area contributed by atoms with Crippen LogP contribution in [0.3, 0.4) is 0 Å². The van der Waals surface area contributed by atoms with Gasteiger partial charge in [0.2, 0.25) is 5.91 Å². The van der Waals surface area contributed by atoms with Crippen LogP contribution in [0.15, 0.2) is 24.5 Å². The zero-order chi connectivity index (χ0) is 19.1. The maximum Gasteiger partial charge on any atom is 0.319 e. The van der Waals surface area contributed by atoms with E-state index in [4.69, 9.17) is 0 Å². The van der Waals surface area contributed by atoms with Crippen molar-refractivity contribution in [3.8, 4) is 0 Å². The van der Waals surface area contributed by atoms with Crippen LogP contribution < -0.4 is 16.0 Å². The van der Waals surface area contributed by atoms with Crippen LogP contribution in [0.1, 0.15) is 11.4 Å². The van der Waals surface area contributed by atoms with Gasteiger partial charge >= 0.3 is 6.03 Å². The average molecular weight is 359 g/mol. The van der Waals surface area contributed by atoms with E-state index in [-0.39, 0.29) is 11.9 Å². The van der Waals surface area contributed by atoms with E-state index in [1.165, 1.54) is 0 Å². The molecule has 0 bridgehead atoms. The van der Waals surface area contributed by atoms with Crippen LogP contribution in [0.5, 0.6) is 0 Å². The van der Waals surface area contributed by atoms with Gasteiger partial charge in [-0.05, 0) is 38.7 Å². The summed E-state index contributed by atoms with van der Waals surface area (Å²) < 4.78 is 1.81. The van der Waals surface area contributed by atoms with Crippen LogP contribution in [-0.4, -0.2) is 58.8 Å². The van der Waals surface area contributed by atoms with Crippen LogP contribution in [-0.2, 0) is 18.3 Å². The SMILES string of the molecule is Cc1ccc(NC(=O)NCCc2nncn2C)cc1NC(=O)CN(C)C. The molecule has 0 aliphatic carbocycles. The number of nitrogens with one attached hydrogen (secondary N) is 3. The van der Waals surface area contributed by atoms with E-state index >= 15 is 0 Å².